The van der Waals surface area contributed by atoms with Gasteiger partial charge in [0.1, 0.15) is 11.6 Å². The van der Waals surface area contributed by atoms with E-state index in [-0.39, 0.29) is 22.9 Å². The Labute approximate surface area is 221 Å². The van der Waals surface area contributed by atoms with Gasteiger partial charge in [0.25, 0.3) is 0 Å². The molecule has 3 aliphatic rings. The van der Waals surface area contributed by atoms with Gasteiger partial charge in [-0.1, -0.05) is 50.2 Å². The maximum absolute atomic E-state index is 12.3. The van der Waals surface area contributed by atoms with Crippen LogP contribution in [0, 0.1) is 17.2 Å². The molecule has 6 rings (SSSR count). The van der Waals surface area contributed by atoms with Gasteiger partial charge in [-0.15, -0.1) is 0 Å². The molecule has 38 heavy (non-hydrogen) atoms. The first-order valence-electron chi connectivity index (χ1n) is 12.9. The summed E-state index contributed by atoms with van der Waals surface area (Å²) in [5, 5.41) is 28.9. The van der Waals surface area contributed by atoms with Crippen LogP contribution in [0.4, 0.5) is 11.4 Å². The Hall–Kier alpha value is -4.37. The number of allylic oxidation sites excluding steroid dienone is 1. The fraction of sp³-hybridized carbons (Fsp3) is 0.281. The summed E-state index contributed by atoms with van der Waals surface area (Å²) < 4.78 is 0. The molecule has 190 valence electrons. The van der Waals surface area contributed by atoms with Gasteiger partial charge in [0, 0.05) is 28.7 Å². The fourth-order valence-electron chi connectivity index (χ4n) is 7.03. The van der Waals surface area contributed by atoms with Crippen LogP contribution in [0.15, 0.2) is 66.2 Å². The van der Waals surface area contributed by atoms with Gasteiger partial charge in [-0.3, -0.25) is 4.79 Å². The minimum Gasteiger partial charge on any atom is -0.481 e. The van der Waals surface area contributed by atoms with E-state index >= 15 is 0 Å². The molecule has 3 aromatic rings. The third-order valence-electron chi connectivity index (χ3n) is 8.90. The minimum absolute atomic E-state index is 0.00881. The highest BCUT2D eigenvalue weighted by Crippen LogP contribution is 2.57. The van der Waals surface area contributed by atoms with Crippen molar-refractivity contribution in [3.8, 4) is 17.2 Å². The van der Waals surface area contributed by atoms with Crippen LogP contribution in [-0.2, 0) is 15.0 Å². The molecule has 1 heterocycles. The molecule has 0 aromatic heterocycles. The molecule has 3 unspecified atom stereocenters. The van der Waals surface area contributed by atoms with Crippen LogP contribution >= 0.6 is 0 Å². The lowest BCUT2D eigenvalue weighted by molar-refractivity contribution is -0.142. The summed E-state index contributed by atoms with van der Waals surface area (Å²) in [5.41, 5.74) is 8.47. The standard InChI is InChI=1S/C32H28N2O4/c1-17(24(16-33)31(37)38)18-8-12-27-23(14-18)29-22(30(35)36)11-13-28(29)34(27)19-9-10-21-20-6-4-5-7-25(20)32(2,3)26(21)15-19/h4-10,12,14-15,22,28-29H,11,13H2,1-3H3,(H,35,36)(H,37,38)/b24-17-. The second kappa shape index (κ2) is 8.32. The molecule has 3 aromatic carbocycles. The third kappa shape index (κ3) is 3.24. The Morgan fingerprint density at radius 3 is 2.42 bits per heavy atom. The Kier molecular flexibility index (Phi) is 5.26. The number of carboxylic acids is 2. The van der Waals surface area contributed by atoms with Crippen molar-refractivity contribution in [2.75, 3.05) is 4.90 Å². The molecule has 3 atom stereocenters. The van der Waals surface area contributed by atoms with Crippen molar-refractivity contribution < 1.29 is 19.8 Å². The lowest BCUT2D eigenvalue weighted by atomic mass is 9.82. The molecule has 1 fully saturated rings. The van der Waals surface area contributed by atoms with Crippen LogP contribution in [0.5, 0.6) is 0 Å². The number of aliphatic carboxylic acids is 2. The zero-order valence-corrected chi connectivity index (χ0v) is 21.5. The Bertz CT molecular complexity index is 1610. The summed E-state index contributed by atoms with van der Waals surface area (Å²) in [6.45, 7) is 6.12. The maximum Gasteiger partial charge on any atom is 0.346 e. The predicted octanol–water partition coefficient (Wildman–Crippen LogP) is 6.47. The van der Waals surface area contributed by atoms with Crippen molar-refractivity contribution in [2.24, 2.45) is 5.92 Å². The van der Waals surface area contributed by atoms with E-state index in [0.717, 1.165) is 23.4 Å². The molecule has 0 bridgehead atoms. The van der Waals surface area contributed by atoms with Crippen LogP contribution in [0.3, 0.4) is 0 Å². The Morgan fingerprint density at radius 1 is 0.974 bits per heavy atom. The SMILES string of the molecule is C/C(=C(\C#N)C(=O)O)c1ccc2c(c1)C1C(C(=O)O)CCC1N2c1ccc2c(c1)C(C)(C)c1ccccc1-2. The molecular formula is C32H28N2O4. The zero-order valence-electron chi connectivity index (χ0n) is 21.5. The van der Waals surface area contributed by atoms with E-state index in [1.165, 1.54) is 22.3 Å². The second-order valence-electron chi connectivity index (χ2n) is 11.1. The van der Waals surface area contributed by atoms with Crippen molar-refractivity contribution in [3.63, 3.8) is 0 Å². The van der Waals surface area contributed by atoms with E-state index in [9.17, 15) is 25.1 Å². The molecule has 6 nitrogen and oxygen atoms in total. The quantitative estimate of drug-likeness (QED) is 0.312. The van der Waals surface area contributed by atoms with E-state index in [0.29, 0.717) is 17.6 Å². The van der Waals surface area contributed by atoms with Crippen molar-refractivity contribution in [3.05, 3.63) is 88.5 Å². The van der Waals surface area contributed by atoms with Crippen LogP contribution in [0.1, 0.15) is 61.8 Å². The smallest absolute Gasteiger partial charge is 0.346 e. The van der Waals surface area contributed by atoms with Crippen LogP contribution < -0.4 is 4.90 Å². The average molecular weight is 505 g/mol. The number of benzene rings is 3. The maximum atomic E-state index is 12.3. The minimum atomic E-state index is -1.27. The highest BCUT2D eigenvalue weighted by atomic mass is 16.4. The van der Waals surface area contributed by atoms with Crippen LogP contribution in [0.2, 0.25) is 0 Å². The molecule has 2 aliphatic carbocycles. The average Bonchev–Trinajstić information content (AvgIpc) is 3.52. The monoisotopic (exact) mass is 504 g/mol. The number of nitriles is 1. The lowest BCUT2D eigenvalue weighted by Gasteiger charge is -2.29. The van der Waals surface area contributed by atoms with E-state index in [2.05, 4.69) is 61.2 Å². The zero-order chi connectivity index (χ0) is 26.9. The summed E-state index contributed by atoms with van der Waals surface area (Å²) in [6.07, 6.45) is 1.33. The number of nitrogens with zero attached hydrogens (tertiary/aromatic N) is 2. The fourth-order valence-corrected chi connectivity index (χ4v) is 7.03. The van der Waals surface area contributed by atoms with Gasteiger partial charge in [0.2, 0.25) is 0 Å². The molecule has 1 saturated carbocycles. The number of carbonyl (C=O) groups is 2. The van der Waals surface area contributed by atoms with E-state index in [1.54, 1.807) is 13.0 Å². The third-order valence-corrected chi connectivity index (χ3v) is 8.90. The number of fused-ring (bicyclic) bond motifs is 6. The van der Waals surface area contributed by atoms with Crippen molar-refractivity contribution in [1.29, 1.82) is 5.26 Å². The normalized spacial score (nSPS) is 22.6. The molecular weight excluding hydrogens is 476 g/mol. The first kappa shape index (κ1) is 24.0. The van der Waals surface area contributed by atoms with E-state index in [4.69, 9.17) is 0 Å². The van der Waals surface area contributed by atoms with Gasteiger partial charge in [0.05, 0.1) is 5.92 Å². The molecule has 0 amide bonds. The van der Waals surface area contributed by atoms with Gasteiger partial charge in [-0.25, -0.2) is 4.79 Å². The second-order valence-corrected chi connectivity index (χ2v) is 11.1. The highest BCUT2D eigenvalue weighted by Gasteiger charge is 2.50. The molecule has 0 saturated heterocycles. The first-order valence-corrected chi connectivity index (χ1v) is 12.9. The number of hydrogen-bond acceptors (Lipinski definition) is 4. The topological polar surface area (TPSA) is 102 Å². The van der Waals surface area contributed by atoms with Gasteiger partial charge >= 0.3 is 11.9 Å². The van der Waals surface area contributed by atoms with Gasteiger partial charge in [-0.05, 0) is 83.0 Å². The van der Waals surface area contributed by atoms with E-state index < -0.39 is 17.9 Å². The first-order chi connectivity index (χ1) is 18.1. The summed E-state index contributed by atoms with van der Waals surface area (Å²) in [5.74, 6) is -2.81. The van der Waals surface area contributed by atoms with Gasteiger partial charge in [0.15, 0.2) is 0 Å². The Balaban J connectivity index is 1.51. The number of carboxylic acid groups (broad SMARTS) is 2. The number of rotatable bonds is 4. The van der Waals surface area contributed by atoms with Crippen LogP contribution in [-0.4, -0.2) is 28.2 Å². The largest absolute Gasteiger partial charge is 0.481 e. The van der Waals surface area contributed by atoms with Crippen LogP contribution in [0.25, 0.3) is 16.7 Å². The van der Waals surface area contributed by atoms with Gasteiger partial charge in [-0.2, -0.15) is 5.26 Å². The molecule has 6 heteroatoms. The molecule has 0 spiro atoms. The van der Waals surface area contributed by atoms with Gasteiger partial charge < -0.3 is 15.1 Å². The highest BCUT2D eigenvalue weighted by molar-refractivity contribution is 6.00. The van der Waals surface area contributed by atoms with Crippen molar-refractivity contribution >= 4 is 28.9 Å². The molecule has 2 N–H and O–H groups in total. The number of anilines is 2. The lowest BCUT2D eigenvalue weighted by Crippen LogP contribution is -2.29. The summed E-state index contributed by atoms with van der Waals surface area (Å²) >= 11 is 0. The predicted molar refractivity (Wildman–Crippen MR) is 145 cm³/mol. The Morgan fingerprint density at radius 2 is 1.71 bits per heavy atom. The summed E-state index contributed by atoms with van der Waals surface area (Å²) in [6, 6.07) is 22.6. The summed E-state index contributed by atoms with van der Waals surface area (Å²) in [7, 11) is 0. The molecule has 1 aliphatic heterocycles. The number of hydrogen-bond donors (Lipinski definition) is 2. The van der Waals surface area contributed by atoms with E-state index in [1.807, 2.05) is 18.2 Å². The van der Waals surface area contributed by atoms with Crippen molar-refractivity contribution in [1.82, 2.24) is 0 Å². The molecule has 0 radical (unpaired) electrons. The van der Waals surface area contributed by atoms with Crippen molar-refractivity contribution in [2.45, 2.75) is 51.0 Å². The summed E-state index contributed by atoms with van der Waals surface area (Å²) in [4.78, 5) is 26.2.